The van der Waals surface area contributed by atoms with Crippen molar-refractivity contribution in [3.05, 3.63) is 12.4 Å². The average Bonchev–Trinajstić information content (AvgIpc) is 3.28. The minimum atomic E-state index is -0.597. The molecule has 4 aliphatic heterocycles. The molecule has 8 nitrogen and oxygen atoms in total. The second-order valence-electron chi connectivity index (χ2n) is 10.6. The van der Waals surface area contributed by atoms with E-state index in [4.69, 9.17) is 9.47 Å². The second-order valence-corrected chi connectivity index (χ2v) is 10.6. The van der Waals surface area contributed by atoms with Crippen LogP contribution in [0.15, 0.2) is 12.4 Å². The van der Waals surface area contributed by atoms with Crippen molar-refractivity contribution in [2.75, 3.05) is 32.8 Å². The molecule has 0 bridgehead atoms. The van der Waals surface area contributed by atoms with Crippen LogP contribution in [0, 0.1) is 5.92 Å². The molecule has 33 heavy (non-hydrogen) atoms. The lowest BCUT2D eigenvalue weighted by atomic mass is 9.83. The van der Waals surface area contributed by atoms with Gasteiger partial charge in [-0.3, -0.25) is 20.9 Å². The van der Waals surface area contributed by atoms with Gasteiger partial charge in [0.25, 0.3) is 0 Å². The van der Waals surface area contributed by atoms with E-state index in [2.05, 4.69) is 38.4 Å². The van der Waals surface area contributed by atoms with Gasteiger partial charge in [-0.25, -0.2) is 4.39 Å². The summed E-state index contributed by atoms with van der Waals surface area (Å²) in [6, 6.07) is 0.887. The van der Waals surface area contributed by atoms with Crippen molar-refractivity contribution in [3.63, 3.8) is 0 Å². The Morgan fingerprint density at radius 2 is 1.73 bits per heavy atom. The fourth-order valence-corrected chi connectivity index (χ4v) is 6.42. The van der Waals surface area contributed by atoms with E-state index in [0.29, 0.717) is 18.0 Å². The normalized spacial score (nSPS) is 40.3. The Labute approximate surface area is 197 Å². The van der Waals surface area contributed by atoms with Crippen LogP contribution in [0.2, 0.25) is 0 Å². The Balaban J connectivity index is 1.20. The number of halogens is 1. The van der Waals surface area contributed by atoms with Crippen LogP contribution in [0.25, 0.3) is 0 Å². The molecule has 9 heteroatoms. The molecule has 1 spiro atoms. The molecule has 3 unspecified atom stereocenters. The molecule has 3 saturated heterocycles. The highest BCUT2D eigenvalue weighted by Crippen LogP contribution is 2.34. The number of alkyl halides is 1. The van der Waals surface area contributed by atoms with Crippen molar-refractivity contribution in [2.45, 2.75) is 101 Å². The second kappa shape index (κ2) is 10.7. The summed E-state index contributed by atoms with van der Waals surface area (Å²) < 4.78 is 25.5. The summed E-state index contributed by atoms with van der Waals surface area (Å²) in [5.41, 5.74) is 0. The minimum Gasteiger partial charge on any atom is -0.386 e. The van der Waals surface area contributed by atoms with Gasteiger partial charge in [-0.1, -0.05) is 0 Å². The molecule has 0 aromatic carbocycles. The van der Waals surface area contributed by atoms with E-state index in [1.807, 2.05) is 12.4 Å². The molecular weight excluding hydrogens is 423 g/mol. The van der Waals surface area contributed by atoms with Gasteiger partial charge in [0, 0.05) is 57.0 Å². The van der Waals surface area contributed by atoms with Crippen LogP contribution in [-0.4, -0.2) is 80.3 Å². The van der Waals surface area contributed by atoms with Gasteiger partial charge in [-0.2, -0.15) is 0 Å². The Morgan fingerprint density at radius 3 is 2.42 bits per heavy atom. The van der Waals surface area contributed by atoms with Gasteiger partial charge in [0.1, 0.15) is 6.17 Å². The van der Waals surface area contributed by atoms with Gasteiger partial charge in [0.15, 0.2) is 5.79 Å². The number of likely N-dealkylation sites (tertiary alicyclic amines) is 1. The summed E-state index contributed by atoms with van der Waals surface area (Å²) >= 11 is 0. The first-order chi connectivity index (χ1) is 16.1. The van der Waals surface area contributed by atoms with Gasteiger partial charge in [-0.05, 0) is 51.4 Å². The Hall–Kier alpha value is -0.970. The summed E-state index contributed by atoms with van der Waals surface area (Å²) in [6.45, 7) is 6.64. The lowest BCUT2D eigenvalue weighted by molar-refractivity contribution is -0.189. The first-order valence-corrected chi connectivity index (χ1v) is 13.2. The van der Waals surface area contributed by atoms with Gasteiger partial charge in [-0.15, -0.1) is 0 Å². The molecule has 0 radical (unpaired) electrons. The molecule has 1 aliphatic carbocycles. The van der Waals surface area contributed by atoms with Crippen molar-refractivity contribution in [3.8, 4) is 0 Å². The Bertz CT molecular complexity index is 645. The van der Waals surface area contributed by atoms with Crippen molar-refractivity contribution < 1.29 is 13.9 Å². The lowest BCUT2D eigenvalue weighted by Crippen LogP contribution is -2.67. The van der Waals surface area contributed by atoms with Crippen molar-refractivity contribution in [1.29, 1.82) is 0 Å². The zero-order valence-corrected chi connectivity index (χ0v) is 20.0. The zero-order valence-electron chi connectivity index (χ0n) is 20.0. The van der Waals surface area contributed by atoms with Crippen molar-refractivity contribution in [2.24, 2.45) is 5.92 Å². The number of rotatable bonds is 6. The third kappa shape index (κ3) is 6.00. The highest BCUT2D eigenvalue weighted by Gasteiger charge is 2.43. The number of piperidine rings is 2. The maximum absolute atomic E-state index is 13.6. The SMILES string of the molecule is C[C@H](NC1CC(N2CCC3(CC2)OCCO3)CC(N[C@H]2CNC=CN2)N1)C1CCC(F)CC1. The standard InChI is InChI=1S/C24H43FN6O2/c1-17(18-2-4-19(25)5-3-18)28-21-14-20(15-22(29-21)30-23-16-26-8-9-27-23)31-10-6-24(7-11-31)32-12-13-33-24/h8-9,17-23,26-30H,2-7,10-16H2,1H3/t17-,18?,19?,20?,21?,22?,23-/m0/s1. The van der Waals surface area contributed by atoms with Crippen LogP contribution in [-0.2, 0) is 9.47 Å². The predicted molar refractivity (Wildman–Crippen MR) is 126 cm³/mol. The minimum absolute atomic E-state index is 0.203. The summed E-state index contributed by atoms with van der Waals surface area (Å²) in [5, 5.41) is 18.2. The van der Waals surface area contributed by atoms with Crippen LogP contribution in [0.4, 0.5) is 4.39 Å². The highest BCUT2D eigenvalue weighted by molar-refractivity contribution is 4.96. The first-order valence-electron chi connectivity index (χ1n) is 13.2. The summed E-state index contributed by atoms with van der Waals surface area (Å²) in [7, 11) is 0. The van der Waals surface area contributed by atoms with Crippen LogP contribution in [0.5, 0.6) is 0 Å². The number of nitrogens with one attached hydrogen (secondary N) is 5. The maximum atomic E-state index is 13.6. The summed E-state index contributed by atoms with van der Waals surface area (Å²) in [4.78, 5) is 2.64. The van der Waals surface area contributed by atoms with Crippen LogP contribution >= 0.6 is 0 Å². The van der Waals surface area contributed by atoms with Crippen molar-refractivity contribution >= 4 is 0 Å². The lowest BCUT2D eigenvalue weighted by Gasteiger charge is -2.47. The maximum Gasteiger partial charge on any atom is 0.170 e. The fourth-order valence-electron chi connectivity index (χ4n) is 6.42. The first kappa shape index (κ1) is 23.8. The molecule has 4 fully saturated rings. The van der Waals surface area contributed by atoms with Gasteiger partial charge >= 0.3 is 0 Å². The Kier molecular flexibility index (Phi) is 7.74. The van der Waals surface area contributed by atoms with E-state index in [-0.39, 0.29) is 24.3 Å². The van der Waals surface area contributed by atoms with Gasteiger partial charge in [0.05, 0.1) is 31.7 Å². The molecule has 5 aliphatic rings. The third-order valence-electron chi connectivity index (χ3n) is 8.40. The molecule has 1 saturated carbocycles. The number of hydrogen-bond acceptors (Lipinski definition) is 8. The third-order valence-corrected chi connectivity index (χ3v) is 8.40. The molecular formula is C24H43FN6O2. The quantitative estimate of drug-likeness (QED) is 0.401. The topological polar surface area (TPSA) is 81.9 Å². The van der Waals surface area contributed by atoms with Crippen LogP contribution < -0.4 is 26.6 Å². The predicted octanol–water partition coefficient (Wildman–Crippen LogP) is 1.32. The molecule has 5 rings (SSSR count). The zero-order chi connectivity index (χ0) is 22.7. The summed E-state index contributed by atoms with van der Waals surface area (Å²) in [5.74, 6) is 0.235. The average molecular weight is 467 g/mol. The Morgan fingerprint density at radius 1 is 1.00 bits per heavy atom. The van der Waals surface area contributed by atoms with E-state index in [1.165, 1.54) is 0 Å². The monoisotopic (exact) mass is 466 g/mol. The smallest absolute Gasteiger partial charge is 0.170 e. The largest absolute Gasteiger partial charge is 0.386 e. The highest BCUT2D eigenvalue weighted by atomic mass is 19.1. The van der Waals surface area contributed by atoms with E-state index < -0.39 is 6.17 Å². The molecule has 0 aromatic heterocycles. The van der Waals surface area contributed by atoms with Crippen LogP contribution in [0.1, 0.15) is 58.3 Å². The molecule has 188 valence electrons. The van der Waals surface area contributed by atoms with E-state index in [9.17, 15) is 4.39 Å². The van der Waals surface area contributed by atoms with E-state index in [1.54, 1.807) is 0 Å². The van der Waals surface area contributed by atoms with Crippen molar-refractivity contribution in [1.82, 2.24) is 31.5 Å². The molecule has 0 aromatic rings. The molecule has 4 heterocycles. The molecule has 0 amide bonds. The fraction of sp³-hybridized carbons (Fsp3) is 0.917. The molecule has 5 N–H and O–H groups in total. The van der Waals surface area contributed by atoms with E-state index >= 15 is 0 Å². The summed E-state index contributed by atoms with van der Waals surface area (Å²) in [6.07, 6.45) is 11.4. The number of ether oxygens (including phenoxy) is 2. The molecule has 5 atom stereocenters. The number of nitrogens with zero attached hydrogens (tertiary/aromatic N) is 1. The van der Waals surface area contributed by atoms with Crippen LogP contribution in [0.3, 0.4) is 0 Å². The van der Waals surface area contributed by atoms with Gasteiger partial charge < -0.3 is 20.1 Å². The number of hydrogen-bond donors (Lipinski definition) is 5. The van der Waals surface area contributed by atoms with E-state index in [0.717, 1.165) is 84.2 Å². The van der Waals surface area contributed by atoms with Gasteiger partial charge in [0.2, 0.25) is 0 Å².